The monoisotopic (exact) mass is 295 g/mol. The molecule has 0 radical (unpaired) electrons. The highest BCUT2D eigenvalue weighted by molar-refractivity contribution is 9.10. The summed E-state index contributed by atoms with van der Waals surface area (Å²) in [6.07, 6.45) is 0.786. The summed E-state index contributed by atoms with van der Waals surface area (Å²) in [5.74, 6) is 1.05. The molecule has 1 aromatic heterocycles. The molecule has 90 valence electrons. The molecule has 1 atom stereocenters. The summed E-state index contributed by atoms with van der Waals surface area (Å²) in [5, 5.41) is 3.90. The van der Waals surface area contributed by atoms with Gasteiger partial charge in [-0.1, -0.05) is 23.7 Å². The highest BCUT2D eigenvalue weighted by Gasteiger charge is 2.15. The number of rotatable bonds is 3. The van der Waals surface area contributed by atoms with Crippen molar-refractivity contribution in [3.63, 3.8) is 0 Å². The normalized spacial score (nSPS) is 12.7. The van der Waals surface area contributed by atoms with Crippen LogP contribution in [0.5, 0.6) is 0 Å². The summed E-state index contributed by atoms with van der Waals surface area (Å²) < 4.78 is 6.17. The summed E-state index contributed by atoms with van der Waals surface area (Å²) >= 11 is 3.47. The van der Waals surface area contributed by atoms with Crippen molar-refractivity contribution in [1.82, 2.24) is 10.1 Å². The lowest BCUT2D eigenvalue weighted by Crippen LogP contribution is -2.10. The first-order valence-electron chi connectivity index (χ1n) is 5.47. The molecule has 1 heterocycles. The van der Waals surface area contributed by atoms with Crippen LogP contribution in [0.15, 0.2) is 27.2 Å². The van der Waals surface area contributed by atoms with Crippen molar-refractivity contribution in [2.75, 3.05) is 0 Å². The SMILES string of the molecule is CCC(N)c1noc(-c2cc(C)ccc2Br)n1. The van der Waals surface area contributed by atoms with E-state index in [0.29, 0.717) is 11.7 Å². The summed E-state index contributed by atoms with van der Waals surface area (Å²) in [6, 6.07) is 5.81. The maximum absolute atomic E-state index is 5.86. The summed E-state index contributed by atoms with van der Waals surface area (Å²) in [7, 11) is 0. The van der Waals surface area contributed by atoms with E-state index < -0.39 is 0 Å². The van der Waals surface area contributed by atoms with Gasteiger partial charge >= 0.3 is 0 Å². The zero-order chi connectivity index (χ0) is 12.4. The van der Waals surface area contributed by atoms with E-state index in [1.807, 2.05) is 32.0 Å². The van der Waals surface area contributed by atoms with Gasteiger partial charge in [0.2, 0.25) is 0 Å². The summed E-state index contributed by atoms with van der Waals surface area (Å²) in [5.41, 5.74) is 7.89. The van der Waals surface area contributed by atoms with Crippen LogP contribution in [0, 0.1) is 6.92 Å². The molecule has 2 aromatic rings. The van der Waals surface area contributed by atoms with Crippen LogP contribution in [0.2, 0.25) is 0 Å². The molecule has 0 aliphatic rings. The molecular weight excluding hydrogens is 282 g/mol. The smallest absolute Gasteiger partial charge is 0.259 e. The molecule has 0 fully saturated rings. The minimum Gasteiger partial charge on any atom is -0.334 e. The van der Waals surface area contributed by atoms with E-state index in [9.17, 15) is 0 Å². The van der Waals surface area contributed by atoms with Crippen molar-refractivity contribution in [2.45, 2.75) is 26.3 Å². The van der Waals surface area contributed by atoms with Crippen LogP contribution >= 0.6 is 15.9 Å². The van der Waals surface area contributed by atoms with Crippen LogP contribution in [0.25, 0.3) is 11.5 Å². The molecule has 0 aliphatic carbocycles. The number of halogens is 1. The number of nitrogens with zero attached hydrogens (tertiary/aromatic N) is 2. The second-order valence-electron chi connectivity index (χ2n) is 3.96. The van der Waals surface area contributed by atoms with Gasteiger partial charge in [0.1, 0.15) is 0 Å². The molecule has 5 heteroatoms. The summed E-state index contributed by atoms with van der Waals surface area (Å²) in [6.45, 7) is 4.01. The lowest BCUT2D eigenvalue weighted by Gasteiger charge is -2.01. The molecule has 2 rings (SSSR count). The van der Waals surface area contributed by atoms with E-state index in [-0.39, 0.29) is 6.04 Å². The van der Waals surface area contributed by atoms with Crippen molar-refractivity contribution < 1.29 is 4.52 Å². The minimum atomic E-state index is -0.170. The number of aryl methyl sites for hydroxylation is 1. The van der Waals surface area contributed by atoms with Crippen molar-refractivity contribution in [2.24, 2.45) is 5.73 Å². The first kappa shape index (κ1) is 12.3. The maximum Gasteiger partial charge on any atom is 0.259 e. The predicted octanol–water partition coefficient (Wildman–Crippen LogP) is 3.22. The molecule has 4 nitrogen and oxygen atoms in total. The third-order valence-corrected chi connectivity index (χ3v) is 3.26. The Hall–Kier alpha value is -1.20. The maximum atomic E-state index is 5.86. The molecular formula is C12H14BrN3O. The molecule has 1 unspecified atom stereocenters. The van der Waals surface area contributed by atoms with E-state index >= 15 is 0 Å². The first-order chi connectivity index (χ1) is 8.11. The third kappa shape index (κ3) is 2.56. The highest BCUT2D eigenvalue weighted by atomic mass is 79.9. The van der Waals surface area contributed by atoms with Gasteiger partial charge < -0.3 is 10.3 Å². The fraction of sp³-hybridized carbons (Fsp3) is 0.333. The molecule has 0 bridgehead atoms. The van der Waals surface area contributed by atoms with Gasteiger partial charge in [0.05, 0.1) is 11.6 Å². The van der Waals surface area contributed by atoms with E-state index in [0.717, 1.165) is 22.0 Å². The van der Waals surface area contributed by atoms with Gasteiger partial charge in [-0.2, -0.15) is 4.98 Å². The van der Waals surface area contributed by atoms with Crippen molar-refractivity contribution >= 4 is 15.9 Å². The number of aromatic nitrogens is 2. The minimum absolute atomic E-state index is 0.170. The largest absolute Gasteiger partial charge is 0.334 e. The quantitative estimate of drug-likeness (QED) is 0.944. The van der Waals surface area contributed by atoms with Crippen LogP contribution in [-0.4, -0.2) is 10.1 Å². The Morgan fingerprint density at radius 2 is 2.24 bits per heavy atom. The molecule has 0 spiro atoms. The van der Waals surface area contributed by atoms with Crippen LogP contribution < -0.4 is 5.73 Å². The van der Waals surface area contributed by atoms with Crippen molar-refractivity contribution in [3.05, 3.63) is 34.1 Å². The Labute approximate surface area is 108 Å². The van der Waals surface area contributed by atoms with E-state index in [1.165, 1.54) is 0 Å². The second kappa shape index (κ2) is 4.98. The lowest BCUT2D eigenvalue weighted by molar-refractivity contribution is 0.415. The van der Waals surface area contributed by atoms with Crippen LogP contribution in [0.3, 0.4) is 0 Å². The third-order valence-electron chi connectivity index (χ3n) is 2.57. The zero-order valence-corrected chi connectivity index (χ0v) is 11.4. The van der Waals surface area contributed by atoms with Crippen LogP contribution in [-0.2, 0) is 0 Å². The second-order valence-corrected chi connectivity index (χ2v) is 4.81. The molecule has 0 amide bonds. The predicted molar refractivity (Wildman–Crippen MR) is 69.4 cm³/mol. The van der Waals surface area contributed by atoms with Crippen LogP contribution in [0.1, 0.15) is 30.8 Å². The molecule has 1 aromatic carbocycles. The van der Waals surface area contributed by atoms with Gasteiger partial charge in [-0.3, -0.25) is 0 Å². The standard InChI is InChI=1S/C12H14BrN3O/c1-3-10(14)11-15-12(17-16-11)8-6-7(2)4-5-9(8)13/h4-6,10H,3,14H2,1-2H3. The Balaban J connectivity index is 2.40. The molecule has 17 heavy (non-hydrogen) atoms. The summed E-state index contributed by atoms with van der Waals surface area (Å²) in [4.78, 5) is 4.32. The van der Waals surface area contributed by atoms with Gasteiger partial charge in [-0.05, 0) is 41.4 Å². The van der Waals surface area contributed by atoms with Gasteiger partial charge in [0, 0.05) is 4.47 Å². The van der Waals surface area contributed by atoms with Gasteiger partial charge in [0.25, 0.3) is 5.89 Å². The molecule has 2 N–H and O–H groups in total. The van der Waals surface area contributed by atoms with Crippen molar-refractivity contribution in [1.29, 1.82) is 0 Å². The fourth-order valence-corrected chi connectivity index (χ4v) is 1.90. The van der Waals surface area contributed by atoms with Crippen molar-refractivity contribution in [3.8, 4) is 11.5 Å². The average Bonchev–Trinajstić information content (AvgIpc) is 2.80. The molecule has 0 aliphatic heterocycles. The van der Waals surface area contributed by atoms with E-state index in [1.54, 1.807) is 0 Å². The van der Waals surface area contributed by atoms with E-state index in [4.69, 9.17) is 10.3 Å². The number of nitrogens with two attached hydrogens (primary N) is 1. The van der Waals surface area contributed by atoms with Gasteiger partial charge in [-0.15, -0.1) is 0 Å². The first-order valence-corrected chi connectivity index (χ1v) is 6.26. The fourth-order valence-electron chi connectivity index (χ4n) is 1.48. The Kier molecular flexibility index (Phi) is 3.59. The lowest BCUT2D eigenvalue weighted by atomic mass is 10.1. The number of benzene rings is 1. The topological polar surface area (TPSA) is 64.9 Å². The van der Waals surface area contributed by atoms with Crippen LogP contribution in [0.4, 0.5) is 0 Å². The highest BCUT2D eigenvalue weighted by Crippen LogP contribution is 2.28. The zero-order valence-electron chi connectivity index (χ0n) is 9.77. The number of hydrogen-bond acceptors (Lipinski definition) is 4. The average molecular weight is 296 g/mol. The van der Waals surface area contributed by atoms with Gasteiger partial charge in [-0.25, -0.2) is 0 Å². The number of hydrogen-bond donors (Lipinski definition) is 1. The Bertz CT molecular complexity index is 524. The molecule has 0 saturated carbocycles. The van der Waals surface area contributed by atoms with E-state index in [2.05, 4.69) is 26.1 Å². The molecule has 0 saturated heterocycles. The Morgan fingerprint density at radius 1 is 1.47 bits per heavy atom. The Morgan fingerprint density at radius 3 is 2.94 bits per heavy atom. The van der Waals surface area contributed by atoms with Gasteiger partial charge in [0.15, 0.2) is 5.82 Å².